The van der Waals surface area contributed by atoms with Crippen LogP contribution in [0.5, 0.6) is 0 Å². The Balaban J connectivity index is 1.92. The summed E-state index contributed by atoms with van der Waals surface area (Å²) in [5, 5.41) is 4.40. The van der Waals surface area contributed by atoms with E-state index in [4.69, 9.17) is 11.6 Å². The molecule has 1 aromatic heterocycles. The van der Waals surface area contributed by atoms with Crippen LogP contribution in [0, 0.1) is 6.92 Å². The zero-order valence-corrected chi connectivity index (χ0v) is 12.3. The fourth-order valence-corrected chi connectivity index (χ4v) is 3.60. The minimum atomic E-state index is 0.317. The van der Waals surface area contributed by atoms with E-state index in [2.05, 4.69) is 29.4 Å². The maximum Gasteiger partial charge on any atom is 0.0561 e. The summed E-state index contributed by atoms with van der Waals surface area (Å²) in [6.07, 6.45) is 4.82. The van der Waals surface area contributed by atoms with Gasteiger partial charge >= 0.3 is 0 Å². The average Bonchev–Trinajstić information content (AvgIpc) is 2.42. The number of hydrogen-bond acceptors (Lipinski definition) is 3. The molecule has 4 heteroatoms. The summed E-state index contributed by atoms with van der Waals surface area (Å²) in [6.45, 7) is 2.10. The molecule has 0 fully saturated rings. The lowest BCUT2D eigenvalue weighted by Gasteiger charge is -2.27. The van der Waals surface area contributed by atoms with Crippen molar-refractivity contribution >= 4 is 29.1 Å². The summed E-state index contributed by atoms with van der Waals surface area (Å²) >= 11 is 8.03. The minimum Gasteiger partial charge on any atom is -0.377 e. The molecule has 0 bridgehead atoms. The van der Waals surface area contributed by atoms with Gasteiger partial charge in [-0.1, -0.05) is 11.6 Å². The molecule has 1 aliphatic heterocycles. The lowest BCUT2D eigenvalue weighted by atomic mass is 10.0. The van der Waals surface area contributed by atoms with E-state index in [1.54, 1.807) is 0 Å². The second kappa shape index (κ2) is 5.43. The first-order chi connectivity index (χ1) is 9.24. The Bertz CT molecular complexity index is 600. The maximum absolute atomic E-state index is 6.13. The third-order valence-electron chi connectivity index (χ3n) is 3.38. The number of anilines is 1. The molecule has 0 aliphatic carbocycles. The fourth-order valence-electron chi connectivity index (χ4n) is 2.32. The molecule has 98 valence electrons. The summed E-state index contributed by atoms with van der Waals surface area (Å²) in [5.74, 6) is 1.13. The van der Waals surface area contributed by atoms with Gasteiger partial charge in [0.2, 0.25) is 0 Å². The molecule has 0 amide bonds. The fraction of sp³-hybridized carbons (Fsp3) is 0.267. The number of fused-ring (bicyclic) bond motifs is 1. The van der Waals surface area contributed by atoms with E-state index in [-0.39, 0.29) is 0 Å². The van der Waals surface area contributed by atoms with Crippen molar-refractivity contribution in [2.45, 2.75) is 24.3 Å². The monoisotopic (exact) mass is 290 g/mol. The standard InChI is InChI=1S/C15H15ClN2S/c1-10-4-6-17-9-14(10)18-13-5-7-19-15-3-2-11(16)8-12(13)15/h2-4,6,8-9,13,18H,5,7H2,1H3. The van der Waals surface area contributed by atoms with Crippen molar-refractivity contribution in [3.63, 3.8) is 0 Å². The van der Waals surface area contributed by atoms with Gasteiger partial charge in [-0.25, -0.2) is 0 Å². The number of aryl methyl sites for hydroxylation is 1. The smallest absolute Gasteiger partial charge is 0.0561 e. The molecule has 2 aromatic rings. The molecule has 3 rings (SSSR count). The van der Waals surface area contributed by atoms with E-state index in [1.165, 1.54) is 16.0 Å². The van der Waals surface area contributed by atoms with Gasteiger partial charge in [0.1, 0.15) is 0 Å². The molecule has 1 aromatic carbocycles. The topological polar surface area (TPSA) is 24.9 Å². The second-order valence-corrected chi connectivity index (χ2v) is 6.28. The van der Waals surface area contributed by atoms with Gasteiger partial charge in [-0.3, -0.25) is 4.98 Å². The van der Waals surface area contributed by atoms with Crippen LogP contribution in [0.4, 0.5) is 5.69 Å². The lowest BCUT2D eigenvalue weighted by molar-refractivity contribution is 0.727. The molecule has 0 radical (unpaired) electrons. The largest absolute Gasteiger partial charge is 0.377 e. The van der Waals surface area contributed by atoms with Crippen molar-refractivity contribution in [1.29, 1.82) is 0 Å². The second-order valence-electron chi connectivity index (χ2n) is 4.71. The molecule has 0 spiro atoms. The highest BCUT2D eigenvalue weighted by molar-refractivity contribution is 7.99. The van der Waals surface area contributed by atoms with Crippen LogP contribution < -0.4 is 5.32 Å². The van der Waals surface area contributed by atoms with Gasteiger partial charge in [0.25, 0.3) is 0 Å². The highest BCUT2D eigenvalue weighted by atomic mass is 35.5. The summed E-state index contributed by atoms with van der Waals surface area (Å²) in [4.78, 5) is 5.52. The van der Waals surface area contributed by atoms with Crippen molar-refractivity contribution < 1.29 is 0 Å². The number of pyridine rings is 1. The minimum absolute atomic E-state index is 0.317. The summed E-state index contributed by atoms with van der Waals surface area (Å²) in [7, 11) is 0. The van der Waals surface area contributed by atoms with Gasteiger partial charge in [0.05, 0.1) is 17.9 Å². The van der Waals surface area contributed by atoms with Crippen LogP contribution in [0.25, 0.3) is 0 Å². The number of aromatic nitrogens is 1. The number of hydrogen-bond donors (Lipinski definition) is 1. The van der Waals surface area contributed by atoms with Crippen LogP contribution in [-0.4, -0.2) is 10.7 Å². The first-order valence-electron chi connectivity index (χ1n) is 6.33. The number of thioether (sulfide) groups is 1. The van der Waals surface area contributed by atoms with Gasteiger partial charge in [0.15, 0.2) is 0 Å². The van der Waals surface area contributed by atoms with Crippen molar-refractivity contribution in [1.82, 2.24) is 4.98 Å². The SMILES string of the molecule is Cc1ccncc1NC1CCSc2ccc(Cl)cc21. The van der Waals surface area contributed by atoms with Crippen LogP contribution in [0.15, 0.2) is 41.6 Å². The Kier molecular flexibility index (Phi) is 3.67. The zero-order valence-electron chi connectivity index (χ0n) is 10.7. The van der Waals surface area contributed by atoms with Gasteiger partial charge in [0, 0.05) is 21.9 Å². The summed E-state index contributed by atoms with van der Waals surface area (Å²) < 4.78 is 0. The van der Waals surface area contributed by atoms with E-state index in [0.717, 1.165) is 22.9 Å². The van der Waals surface area contributed by atoms with Gasteiger partial charge in [-0.15, -0.1) is 11.8 Å². The molecule has 2 nitrogen and oxygen atoms in total. The predicted molar refractivity (Wildman–Crippen MR) is 82.1 cm³/mol. The molecule has 1 N–H and O–H groups in total. The Morgan fingerprint density at radius 1 is 1.37 bits per heavy atom. The van der Waals surface area contributed by atoms with E-state index in [9.17, 15) is 0 Å². The molecular weight excluding hydrogens is 276 g/mol. The van der Waals surface area contributed by atoms with E-state index in [0.29, 0.717) is 6.04 Å². The van der Waals surface area contributed by atoms with Crippen LogP contribution in [0.2, 0.25) is 5.02 Å². The van der Waals surface area contributed by atoms with Crippen molar-refractivity contribution in [2.75, 3.05) is 11.1 Å². The van der Waals surface area contributed by atoms with E-state index in [1.807, 2.05) is 36.3 Å². The number of benzene rings is 1. The number of nitrogens with one attached hydrogen (secondary N) is 1. The Hall–Kier alpha value is -1.19. The van der Waals surface area contributed by atoms with Crippen LogP contribution in [0.3, 0.4) is 0 Å². The van der Waals surface area contributed by atoms with Gasteiger partial charge in [-0.2, -0.15) is 0 Å². The van der Waals surface area contributed by atoms with Crippen LogP contribution in [-0.2, 0) is 0 Å². The number of nitrogens with zero attached hydrogens (tertiary/aromatic N) is 1. The first-order valence-corrected chi connectivity index (χ1v) is 7.70. The molecule has 1 aliphatic rings. The first kappa shape index (κ1) is 12.8. The molecule has 0 saturated heterocycles. The molecule has 2 heterocycles. The number of rotatable bonds is 2. The zero-order chi connectivity index (χ0) is 13.2. The Labute approximate surface area is 122 Å². The van der Waals surface area contributed by atoms with Crippen molar-refractivity contribution in [2.24, 2.45) is 0 Å². The highest BCUT2D eigenvalue weighted by Gasteiger charge is 2.21. The summed E-state index contributed by atoms with van der Waals surface area (Å²) in [6, 6.07) is 8.50. The highest BCUT2D eigenvalue weighted by Crippen LogP contribution is 2.39. The quantitative estimate of drug-likeness (QED) is 0.868. The Morgan fingerprint density at radius 3 is 3.11 bits per heavy atom. The van der Waals surface area contributed by atoms with E-state index < -0.39 is 0 Å². The normalized spacial score (nSPS) is 17.9. The third kappa shape index (κ3) is 2.72. The lowest BCUT2D eigenvalue weighted by Crippen LogP contribution is -2.16. The Morgan fingerprint density at radius 2 is 2.26 bits per heavy atom. The van der Waals surface area contributed by atoms with Gasteiger partial charge in [-0.05, 0) is 48.7 Å². The average molecular weight is 291 g/mol. The van der Waals surface area contributed by atoms with Crippen LogP contribution >= 0.6 is 23.4 Å². The van der Waals surface area contributed by atoms with Gasteiger partial charge < -0.3 is 5.32 Å². The predicted octanol–water partition coefficient (Wildman–Crippen LogP) is 4.69. The molecule has 1 atom stereocenters. The third-order valence-corrected chi connectivity index (χ3v) is 4.74. The van der Waals surface area contributed by atoms with Crippen LogP contribution in [0.1, 0.15) is 23.6 Å². The van der Waals surface area contributed by atoms with E-state index >= 15 is 0 Å². The molecule has 1 unspecified atom stereocenters. The molecular formula is C15H15ClN2S. The number of halogens is 1. The summed E-state index contributed by atoms with van der Waals surface area (Å²) in [5.41, 5.74) is 3.62. The van der Waals surface area contributed by atoms with Crippen molar-refractivity contribution in [3.05, 3.63) is 52.8 Å². The maximum atomic E-state index is 6.13. The molecule has 19 heavy (non-hydrogen) atoms. The molecule has 0 saturated carbocycles. The van der Waals surface area contributed by atoms with Crippen molar-refractivity contribution in [3.8, 4) is 0 Å².